The summed E-state index contributed by atoms with van der Waals surface area (Å²) in [6, 6.07) is 7.75. The van der Waals surface area contributed by atoms with Crippen molar-refractivity contribution in [2.45, 2.75) is 6.92 Å². The maximum absolute atomic E-state index is 5.23. The van der Waals surface area contributed by atoms with E-state index in [0.717, 1.165) is 31.8 Å². The van der Waals surface area contributed by atoms with Crippen LogP contribution in [0.3, 0.4) is 0 Å². The van der Waals surface area contributed by atoms with Gasteiger partial charge in [0.25, 0.3) is 0 Å². The number of aromatic nitrogens is 1. The lowest BCUT2D eigenvalue weighted by Crippen LogP contribution is -1.96. The average molecular weight is 372 g/mol. The molecule has 18 heavy (non-hydrogen) atoms. The van der Waals surface area contributed by atoms with Crippen LogP contribution >= 0.6 is 31.9 Å². The SMILES string of the molecule is COc1cc(Br)cc(Nc2nccc(C)c2Br)c1. The molecule has 0 atom stereocenters. The third-order valence-electron chi connectivity index (χ3n) is 2.45. The van der Waals surface area contributed by atoms with E-state index in [1.54, 1.807) is 13.3 Å². The predicted molar refractivity (Wildman–Crippen MR) is 80.7 cm³/mol. The van der Waals surface area contributed by atoms with Gasteiger partial charge in [0, 0.05) is 22.4 Å². The zero-order valence-electron chi connectivity index (χ0n) is 10.00. The Morgan fingerprint density at radius 1 is 1.22 bits per heavy atom. The topological polar surface area (TPSA) is 34.1 Å². The van der Waals surface area contributed by atoms with E-state index in [1.165, 1.54) is 0 Å². The van der Waals surface area contributed by atoms with Gasteiger partial charge in [-0.15, -0.1) is 0 Å². The summed E-state index contributed by atoms with van der Waals surface area (Å²) in [7, 11) is 1.65. The highest BCUT2D eigenvalue weighted by atomic mass is 79.9. The van der Waals surface area contributed by atoms with Gasteiger partial charge in [0.05, 0.1) is 11.6 Å². The standard InChI is InChI=1S/C13H12Br2N2O/c1-8-3-4-16-13(12(8)15)17-10-5-9(14)6-11(7-10)18-2/h3-7H,1-2H3,(H,16,17). The Balaban J connectivity index is 2.34. The smallest absolute Gasteiger partial charge is 0.144 e. The van der Waals surface area contributed by atoms with Crippen molar-refractivity contribution in [3.63, 3.8) is 0 Å². The molecule has 0 amide bonds. The number of hydrogen-bond donors (Lipinski definition) is 1. The lowest BCUT2D eigenvalue weighted by atomic mass is 10.2. The minimum absolute atomic E-state index is 0.787. The van der Waals surface area contributed by atoms with Gasteiger partial charge in [-0.05, 0) is 46.6 Å². The average Bonchev–Trinajstić information content (AvgIpc) is 2.34. The molecule has 0 radical (unpaired) electrons. The highest BCUT2D eigenvalue weighted by molar-refractivity contribution is 9.11. The quantitative estimate of drug-likeness (QED) is 0.851. The lowest BCUT2D eigenvalue weighted by molar-refractivity contribution is 0.415. The molecule has 94 valence electrons. The summed E-state index contributed by atoms with van der Waals surface area (Å²) >= 11 is 6.97. The second kappa shape index (κ2) is 5.71. The molecule has 0 bridgehead atoms. The number of hydrogen-bond acceptors (Lipinski definition) is 3. The van der Waals surface area contributed by atoms with Crippen LogP contribution in [0.2, 0.25) is 0 Å². The molecule has 0 spiro atoms. The molecule has 1 N–H and O–H groups in total. The molecule has 1 heterocycles. The van der Waals surface area contributed by atoms with E-state index in [2.05, 4.69) is 42.2 Å². The van der Waals surface area contributed by atoms with Gasteiger partial charge in [-0.3, -0.25) is 0 Å². The van der Waals surface area contributed by atoms with E-state index in [0.29, 0.717) is 0 Å². The summed E-state index contributed by atoms with van der Waals surface area (Å²) in [5.74, 6) is 1.57. The lowest BCUT2D eigenvalue weighted by Gasteiger charge is -2.10. The number of ether oxygens (including phenoxy) is 1. The molecule has 0 saturated carbocycles. The first-order valence-corrected chi connectivity index (χ1v) is 6.91. The molecular weight excluding hydrogens is 360 g/mol. The van der Waals surface area contributed by atoms with Gasteiger partial charge in [0.15, 0.2) is 0 Å². The number of aryl methyl sites for hydroxylation is 1. The van der Waals surface area contributed by atoms with Gasteiger partial charge in [-0.2, -0.15) is 0 Å². The first-order valence-electron chi connectivity index (χ1n) is 5.33. The molecule has 1 aromatic carbocycles. The van der Waals surface area contributed by atoms with Crippen molar-refractivity contribution in [1.82, 2.24) is 4.98 Å². The minimum atomic E-state index is 0.787. The Labute approximate surface area is 123 Å². The third-order valence-corrected chi connectivity index (χ3v) is 3.91. The number of rotatable bonds is 3. The van der Waals surface area contributed by atoms with E-state index in [9.17, 15) is 0 Å². The molecule has 2 rings (SSSR count). The van der Waals surface area contributed by atoms with Crippen LogP contribution in [0.5, 0.6) is 5.75 Å². The first-order chi connectivity index (χ1) is 8.60. The number of pyridine rings is 1. The summed E-state index contributed by atoms with van der Waals surface area (Å²) in [4.78, 5) is 4.31. The van der Waals surface area contributed by atoms with Crippen LogP contribution in [0.15, 0.2) is 39.4 Å². The van der Waals surface area contributed by atoms with E-state index in [1.807, 2.05) is 31.2 Å². The van der Waals surface area contributed by atoms with E-state index >= 15 is 0 Å². The fourth-order valence-electron chi connectivity index (χ4n) is 1.52. The van der Waals surface area contributed by atoms with Gasteiger partial charge in [0.2, 0.25) is 0 Å². The highest BCUT2D eigenvalue weighted by Crippen LogP contribution is 2.30. The number of benzene rings is 1. The number of anilines is 2. The normalized spacial score (nSPS) is 10.2. The fourth-order valence-corrected chi connectivity index (χ4v) is 2.32. The first kappa shape index (κ1) is 13.4. The maximum Gasteiger partial charge on any atom is 0.144 e. The number of nitrogens with one attached hydrogen (secondary N) is 1. The second-order valence-electron chi connectivity index (χ2n) is 3.80. The van der Waals surface area contributed by atoms with E-state index in [-0.39, 0.29) is 0 Å². The van der Waals surface area contributed by atoms with Crippen molar-refractivity contribution >= 4 is 43.4 Å². The monoisotopic (exact) mass is 370 g/mol. The van der Waals surface area contributed by atoms with Crippen molar-refractivity contribution in [3.05, 3.63) is 45.0 Å². The fraction of sp³-hybridized carbons (Fsp3) is 0.154. The van der Waals surface area contributed by atoms with Crippen LogP contribution in [-0.2, 0) is 0 Å². The minimum Gasteiger partial charge on any atom is -0.497 e. The second-order valence-corrected chi connectivity index (χ2v) is 5.50. The van der Waals surface area contributed by atoms with Gasteiger partial charge in [-0.25, -0.2) is 4.98 Å². The van der Waals surface area contributed by atoms with Gasteiger partial charge < -0.3 is 10.1 Å². The van der Waals surface area contributed by atoms with Crippen molar-refractivity contribution in [2.75, 3.05) is 12.4 Å². The Hall–Kier alpha value is -1.07. The third kappa shape index (κ3) is 3.03. The molecule has 0 unspecified atom stereocenters. The van der Waals surface area contributed by atoms with E-state index < -0.39 is 0 Å². The largest absolute Gasteiger partial charge is 0.497 e. The maximum atomic E-state index is 5.23. The molecule has 1 aromatic heterocycles. The van der Waals surface area contributed by atoms with Crippen molar-refractivity contribution < 1.29 is 4.74 Å². The molecule has 0 saturated heterocycles. The molecule has 3 nitrogen and oxygen atoms in total. The summed E-state index contributed by atoms with van der Waals surface area (Å²) in [5.41, 5.74) is 2.05. The van der Waals surface area contributed by atoms with Crippen LogP contribution in [-0.4, -0.2) is 12.1 Å². The number of nitrogens with zero attached hydrogens (tertiary/aromatic N) is 1. The van der Waals surface area contributed by atoms with Crippen molar-refractivity contribution in [3.8, 4) is 5.75 Å². The van der Waals surface area contributed by atoms with Crippen LogP contribution in [0, 0.1) is 6.92 Å². The van der Waals surface area contributed by atoms with Crippen molar-refractivity contribution in [1.29, 1.82) is 0 Å². The van der Waals surface area contributed by atoms with Gasteiger partial charge in [0.1, 0.15) is 11.6 Å². The Kier molecular flexibility index (Phi) is 4.24. The number of halogens is 2. The highest BCUT2D eigenvalue weighted by Gasteiger charge is 2.06. The Morgan fingerprint density at radius 3 is 2.72 bits per heavy atom. The number of methoxy groups -OCH3 is 1. The Morgan fingerprint density at radius 2 is 2.00 bits per heavy atom. The van der Waals surface area contributed by atoms with Crippen LogP contribution < -0.4 is 10.1 Å². The zero-order valence-corrected chi connectivity index (χ0v) is 13.2. The van der Waals surface area contributed by atoms with Crippen LogP contribution in [0.4, 0.5) is 11.5 Å². The Bertz CT molecular complexity index is 573. The molecule has 0 fully saturated rings. The molecular formula is C13H12Br2N2O. The van der Waals surface area contributed by atoms with Gasteiger partial charge >= 0.3 is 0 Å². The van der Waals surface area contributed by atoms with Crippen LogP contribution in [0.1, 0.15) is 5.56 Å². The summed E-state index contributed by atoms with van der Waals surface area (Å²) in [5, 5.41) is 3.26. The molecule has 5 heteroatoms. The molecule has 0 aliphatic heterocycles. The van der Waals surface area contributed by atoms with E-state index in [4.69, 9.17) is 4.74 Å². The predicted octanol–water partition coefficient (Wildman–Crippen LogP) is 4.67. The summed E-state index contributed by atoms with van der Waals surface area (Å²) < 4.78 is 7.14. The van der Waals surface area contributed by atoms with Crippen LogP contribution in [0.25, 0.3) is 0 Å². The summed E-state index contributed by atoms with van der Waals surface area (Å²) in [6.07, 6.45) is 1.78. The molecule has 2 aromatic rings. The molecule has 0 aliphatic carbocycles. The molecule has 0 aliphatic rings. The zero-order chi connectivity index (χ0) is 13.1. The summed E-state index contributed by atoms with van der Waals surface area (Å²) in [6.45, 7) is 2.03. The van der Waals surface area contributed by atoms with Gasteiger partial charge in [-0.1, -0.05) is 15.9 Å². The van der Waals surface area contributed by atoms with Crippen molar-refractivity contribution in [2.24, 2.45) is 0 Å².